The van der Waals surface area contributed by atoms with Gasteiger partial charge in [0.15, 0.2) is 0 Å². The van der Waals surface area contributed by atoms with Gasteiger partial charge in [-0.15, -0.1) is 0 Å². The third-order valence-electron chi connectivity index (χ3n) is 4.15. The van der Waals surface area contributed by atoms with Crippen molar-refractivity contribution in [2.45, 2.75) is 13.3 Å². The van der Waals surface area contributed by atoms with Crippen molar-refractivity contribution < 1.29 is 4.74 Å². The second kappa shape index (κ2) is 7.32. The van der Waals surface area contributed by atoms with E-state index in [0.29, 0.717) is 0 Å². The molecule has 0 bridgehead atoms. The summed E-state index contributed by atoms with van der Waals surface area (Å²) in [5.41, 5.74) is 1.29. The highest BCUT2D eigenvalue weighted by molar-refractivity contribution is 5.50. The molecule has 116 valence electrons. The van der Waals surface area contributed by atoms with Crippen LogP contribution in [0, 0.1) is 5.92 Å². The van der Waals surface area contributed by atoms with Gasteiger partial charge in [0, 0.05) is 18.8 Å². The van der Waals surface area contributed by atoms with Gasteiger partial charge in [0.1, 0.15) is 11.5 Å². The van der Waals surface area contributed by atoms with Gasteiger partial charge >= 0.3 is 0 Å². The van der Waals surface area contributed by atoms with Crippen LogP contribution in [-0.2, 0) is 0 Å². The maximum absolute atomic E-state index is 5.84. The normalized spacial score (nSPS) is 17.7. The van der Waals surface area contributed by atoms with E-state index in [1.807, 2.05) is 30.3 Å². The van der Waals surface area contributed by atoms with E-state index >= 15 is 0 Å². The molecule has 1 heterocycles. The number of ether oxygens (including phenoxy) is 1. The smallest absolute Gasteiger partial charge is 0.127 e. The zero-order chi connectivity index (χ0) is 15.2. The first-order valence-electron chi connectivity index (χ1n) is 8.14. The lowest BCUT2D eigenvalue weighted by molar-refractivity contribution is 0.482. The Kier molecular flexibility index (Phi) is 4.96. The summed E-state index contributed by atoms with van der Waals surface area (Å²) >= 11 is 0. The molecule has 3 heteroatoms. The molecule has 1 N–H and O–H groups in total. The van der Waals surface area contributed by atoms with Crippen LogP contribution in [0.25, 0.3) is 0 Å². The maximum atomic E-state index is 5.84. The number of nitrogens with one attached hydrogen (secondary N) is 1. The van der Waals surface area contributed by atoms with Crippen LogP contribution < -0.4 is 15.0 Å². The Balaban J connectivity index is 1.58. The topological polar surface area (TPSA) is 24.5 Å². The number of nitrogens with zero attached hydrogens (tertiary/aromatic N) is 1. The van der Waals surface area contributed by atoms with Crippen molar-refractivity contribution in [1.82, 2.24) is 5.32 Å². The second-order valence-electron chi connectivity index (χ2n) is 5.82. The van der Waals surface area contributed by atoms with E-state index in [0.717, 1.165) is 43.6 Å². The van der Waals surface area contributed by atoms with E-state index in [-0.39, 0.29) is 0 Å². The highest BCUT2D eigenvalue weighted by Crippen LogP contribution is 2.27. The van der Waals surface area contributed by atoms with Gasteiger partial charge in [0.25, 0.3) is 0 Å². The molecule has 1 fully saturated rings. The fourth-order valence-electron chi connectivity index (χ4n) is 2.93. The Morgan fingerprint density at radius 2 is 1.77 bits per heavy atom. The first-order valence-corrected chi connectivity index (χ1v) is 8.14. The molecule has 2 aromatic rings. The fraction of sp³-hybridized carbons (Fsp3) is 0.368. The van der Waals surface area contributed by atoms with Crippen molar-refractivity contribution in [2.75, 3.05) is 31.1 Å². The van der Waals surface area contributed by atoms with Gasteiger partial charge < -0.3 is 15.0 Å². The molecule has 0 aliphatic carbocycles. The third-order valence-corrected chi connectivity index (χ3v) is 4.15. The van der Waals surface area contributed by atoms with E-state index in [1.165, 1.54) is 12.1 Å². The minimum atomic E-state index is 0.764. The summed E-state index contributed by atoms with van der Waals surface area (Å²) in [7, 11) is 0. The SMILES string of the molecule is CCNCC1CCN(c2ccc(Oc3ccccc3)cc2)C1. The maximum Gasteiger partial charge on any atom is 0.127 e. The number of hydrogen-bond donors (Lipinski definition) is 1. The lowest BCUT2D eigenvalue weighted by Gasteiger charge is -2.19. The number of rotatable bonds is 6. The second-order valence-corrected chi connectivity index (χ2v) is 5.82. The molecule has 22 heavy (non-hydrogen) atoms. The van der Waals surface area contributed by atoms with E-state index in [4.69, 9.17) is 4.74 Å². The van der Waals surface area contributed by atoms with Gasteiger partial charge in [-0.05, 0) is 61.8 Å². The summed E-state index contributed by atoms with van der Waals surface area (Å²) in [6, 6.07) is 18.3. The zero-order valence-corrected chi connectivity index (χ0v) is 13.2. The van der Waals surface area contributed by atoms with Crippen molar-refractivity contribution in [1.29, 1.82) is 0 Å². The van der Waals surface area contributed by atoms with Crippen LogP contribution >= 0.6 is 0 Å². The van der Waals surface area contributed by atoms with Crippen molar-refractivity contribution in [3.8, 4) is 11.5 Å². The first kappa shape index (κ1) is 14.9. The molecule has 0 spiro atoms. The summed E-state index contributed by atoms with van der Waals surface area (Å²) in [5, 5.41) is 3.45. The molecule has 1 aliphatic heterocycles. The molecule has 0 amide bonds. The summed E-state index contributed by atoms with van der Waals surface area (Å²) in [5.74, 6) is 2.53. The molecule has 1 aliphatic rings. The largest absolute Gasteiger partial charge is 0.457 e. The monoisotopic (exact) mass is 296 g/mol. The average molecular weight is 296 g/mol. The molecule has 0 radical (unpaired) electrons. The Labute approximate surface area is 132 Å². The van der Waals surface area contributed by atoms with Crippen LogP contribution in [0.2, 0.25) is 0 Å². The number of hydrogen-bond acceptors (Lipinski definition) is 3. The van der Waals surface area contributed by atoms with Crippen molar-refractivity contribution in [2.24, 2.45) is 5.92 Å². The fourth-order valence-corrected chi connectivity index (χ4v) is 2.93. The predicted molar refractivity (Wildman–Crippen MR) is 91.8 cm³/mol. The van der Waals surface area contributed by atoms with Crippen LogP contribution in [0.4, 0.5) is 5.69 Å². The highest BCUT2D eigenvalue weighted by Gasteiger charge is 2.22. The van der Waals surface area contributed by atoms with Crippen molar-refractivity contribution in [3.63, 3.8) is 0 Å². The number of para-hydroxylation sites is 1. The molecular formula is C19H24N2O. The van der Waals surface area contributed by atoms with Crippen molar-refractivity contribution in [3.05, 3.63) is 54.6 Å². The number of benzene rings is 2. The molecule has 0 aromatic heterocycles. The summed E-state index contributed by atoms with van der Waals surface area (Å²) in [6.07, 6.45) is 1.27. The van der Waals surface area contributed by atoms with Crippen LogP contribution in [0.3, 0.4) is 0 Å². The Morgan fingerprint density at radius 1 is 1.05 bits per heavy atom. The van der Waals surface area contributed by atoms with Crippen LogP contribution in [0.5, 0.6) is 11.5 Å². The van der Waals surface area contributed by atoms with Gasteiger partial charge in [-0.1, -0.05) is 25.1 Å². The number of anilines is 1. The van der Waals surface area contributed by atoms with Gasteiger partial charge in [-0.3, -0.25) is 0 Å². The molecule has 2 aromatic carbocycles. The molecule has 0 saturated carbocycles. The molecular weight excluding hydrogens is 272 g/mol. The van der Waals surface area contributed by atoms with E-state index in [2.05, 4.69) is 41.4 Å². The van der Waals surface area contributed by atoms with E-state index in [1.54, 1.807) is 0 Å². The lowest BCUT2D eigenvalue weighted by atomic mass is 10.1. The minimum absolute atomic E-state index is 0.764. The minimum Gasteiger partial charge on any atom is -0.457 e. The summed E-state index contributed by atoms with van der Waals surface area (Å²) in [4.78, 5) is 2.47. The predicted octanol–water partition coefficient (Wildman–Crippen LogP) is 3.91. The Hall–Kier alpha value is -2.00. The standard InChI is InChI=1S/C19H24N2O/c1-2-20-14-16-12-13-21(15-16)17-8-10-19(11-9-17)22-18-6-4-3-5-7-18/h3-11,16,20H,2,12-15H2,1H3. The first-order chi connectivity index (χ1) is 10.8. The van der Waals surface area contributed by atoms with Gasteiger partial charge in [0.05, 0.1) is 0 Å². The van der Waals surface area contributed by atoms with E-state index in [9.17, 15) is 0 Å². The van der Waals surface area contributed by atoms with Crippen LogP contribution in [-0.4, -0.2) is 26.2 Å². The van der Waals surface area contributed by atoms with Crippen LogP contribution in [0.1, 0.15) is 13.3 Å². The molecule has 1 atom stereocenters. The lowest BCUT2D eigenvalue weighted by Crippen LogP contribution is -2.26. The van der Waals surface area contributed by atoms with Gasteiger partial charge in [0.2, 0.25) is 0 Å². The average Bonchev–Trinajstić information content (AvgIpc) is 3.03. The highest BCUT2D eigenvalue weighted by atomic mass is 16.5. The van der Waals surface area contributed by atoms with E-state index < -0.39 is 0 Å². The summed E-state index contributed by atoms with van der Waals surface area (Å²) in [6.45, 7) is 6.64. The molecule has 3 rings (SSSR count). The molecule has 1 saturated heterocycles. The zero-order valence-electron chi connectivity index (χ0n) is 13.2. The van der Waals surface area contributed by atoms with Crippen LogP contribution in [0.15, 0.2) is 54.6 Å². The van der Waals surface area contributed by atoms with Gasteiger partial charge in [-0.25, -0.2) is 0 Å². The van der Waals surface area contributed by atoms with Crippen molar-refractivity contribution >= 4 is 5.69 Å². The quantitative estimate of drug-likeness (QED) is 0.874. The Morgan fingerprint density at radius 3 is 2.50 bits per heavy atom. The summed E-state index contributed by atoms with van der Waals surface area (Å²) < 4.78 is 5.84. The van der Waals surface area contributed by atoms with Gasteiger partial charge in [-0.2, -0.15) is 0 Å². The molecule has 3 nitrogen and oxygen atoms in total. The Bertz CT molecular complexity index is 568. The molecule has 1 unspecified atom stereocenters. The third kappa shape index (κ3) is 3.80.